The number of hydrogen-bond acceptors (Lipinski definition) is 3. The first-order valence-corrected chi connectivity index (χ1v) is 5.35. The van der Waals surface area contributed by atoms with E-state index in [0.717, 1.165) is 11.5 Å². The van der Waals surface area contributed by atoms with E-state index in [9.17, 15) is 4.79 Å². The van der Waals surface area contributed by atoms with Gasteiger partial charge in [0.15, 0.2) is 0 Å². The summed E-state index contributed by atoms with van der Waals surface area (Å²) >= 11 is 0. The van der Waals surface area contributed by atoms with E-state index in [2.05, 4.69) is 20.5 Å². The molecule has 90 valence electrons. The summed E-state index contributed by atoms with van der Waals surface area (Å²) in [5, 5.41) is 9.61. The van der Waals surface area contributed by atoms with Gasteiger partial charge >= 0.3 is 0 Å². The molecule has 0 bridgehead atoms. The fraction of sp³-hybridized carbons (Fsp3) is 0.364. The third-order valence-electron chi connectivity index (χ3n) is 2.68. The predicted molar refractivity (Wildman–Crippen MR) is 62.4 cm³/mol. The van der Waals surface area contributed by atoms with Crippen molar-refractivity contribution in [2.24, 2.45) is 7.05 Å². The molecule has 0 aliphatic carbocycles. The SMILES string of the molecule is Cc1n[nH]c(C)c1C(=O)NCc1nccn1C. The molecule has 2 heterocycles. The van der Waals surface area contributed by atoms with Gasteiger partial charge in [-0.05, 0) is 13.8 Å². The first-order valence-electron chi connectivity index (χ1n) is 5.35. The largest absolute Gasteiger partial charge is 0.345 e. The number of carbonyl (C=O) groups excluding carboxylic acids is 1. The summed E-state index contributed by atoms with van der Waals surface area (Å²) in [5.41, 5.74) is 2.10. The van der Waals surface area contributed by atoms with E-state index in [4.69, 9.17) is 0 Å². The van der Waals surface area contributed by atoms with Crippen LogP contribution in [0.1, 0.15) is 27.6 Å². The van der Waals surface area contributed by atoms with Crippen LogP contribution in [0.2, 0.25) is 0 Å². The van der Waals surface area contributed by atoms with Crippen molar-refractivity contribution in [2.75, 3.05) is 0 Å². The van der Waals surface area contributed by atoms with Crippen molar-refractivity contribution in [3.05, 3.63) is 35.2 Å². The van der Waals surface area contributed by atoms with Crippen molar-refractivity contribution < 1.29 is 4.79 Å². The maximum Gasteiger partial charge on any atom is 0.255 e. The Morgan fingerprint density at radius 2 is 2.29 bits per heavy atom. The minimum absolute atomic E-state index is 0.128. The summed E-state index contributed by atoms with van der Waals surface area (Å²) in [6.07, 6.45) is 3.55. The van der Waals surface area contributed by atoms with Crippen molar-refractivity contribution in [3.8, 4) is 0 Å². The smallest absolute Gasteiger partial charge is 0.255 e. The highest BCUT2D eigenvalue weighted by Crippen LogP contribution is 2.08. The standard InChI is InChI=1S/C11H15N5O/c1-7-10(8(2)15-14-7)11(17)13-6-9-12-4-5-16(9)3/h4-5H,6H2,1-3H3,(H,13,17)(H,14,15). The van der Waals surface area contributed by atoms with E-state index < -0.39 is 0 Å². The molecular formula is C11H15N5O. The lowest BCUT2D eigenvalue weighted by Gasteiger charge is -2.05. The molecule has 2 N–H and O–H groups in total. The molecule has 0 aliphatic heterocycles. The zero-order valence-electron chi connectivity index (χ0n) is 10.1. The Hall–Kier alpha value is -2.11. The van der Waals surface area contributed by atoms with Gasteiger partial charge in [0, 0.05) is 25.1 Å². The number of aryl methyl sites for hydroxylation is 3. The second kappa shape index (κ2) is 4.40. The van der Waals surface area contributed by atoms with Gasteiger partial charge in [0.1, 0.15) is 5.82 Å². The van der Waals surface area contributed by atoms with Crippen molar-refractivity contribution in [3.63, 3.8) is 0 Å². The molecule has 6 heteroatoms. The number of rotatable bonds is 3. The highest BCUT2D eigenvalue weighted by atomic mass is 16.1. The molecule has 2 rings (SSSR count). The maximum absolute atomic E-state index is 11.9. The average molecular weight is 233 g/mol. The maximum atomic E-state index is 11.9. The number of amides is 1. The number of aromatic nitrogens is 4. The van der Waals surface area contributed by atoms with Crippen molar-refractivity contribution in [1.82, 2.24) is 25.1 Å². The van der Waals surface area contributed by atoms with Crippen molar-refractivity contribution in [2.45, 2.75) is 20.4 Å². The third kappa shape index (κ3) is 2.20. The quantitative estimate of drug-likeness (QED) is 0.819. The first kappa shape index (κ1) is 11.4. The van der Waals surface area contributed by atoms with Crippen LogP contribution in [0.25, 0.3) is 0 Å². The zero-order chi connectivity index (χ0) is 12.4. The second-order valence-corrected chi connectivity index (χ2v) is 3.95. The van der Waals surface area contributed by atoms with Gasteiger partial charge in [-0.15, -0.1) is 0 Å². The number of aromatic amines is 1. The lowest BCUT2D eigenvalue weighted by molar-refractivity contribution is 0.0948. The van der Waals surface area contributed by atoms with Gasteiger partial charge in [0.25, 0.3) is 5.91 Å². The number of nitrogens with one attached hydrogen (secondary N) is 2. The molecule has 17 heavy (non-hydrogen) atoms. The summed E-state index contributed by atoms with van der Waals surface area (Å²) in [4.78, 5) is 16.1. The zero-order valence-corrected chi connectivity index (χ0v) is 10.1. The molecule has 0 saturated heterocycles. The van der Waals surface area contributed by atoms with Gasteiger partial charge in [-0.3, -0.25) is 9.89 Å². The Bertz CT molecular complexity index is 520. The number of hydrogen-bond donors (Lipinski definition) is 2. The molecule has 2 aromatic heterocycles. The third-order valence-corrected chi connectivity index (χ3v) is 2.68. The highest BCUT2D eigenvalue weighted by Gasteiger charge is 2.15. The highest BCUT2D eigenvalue weighted by molar-refractivity contribution is 5.96. The van der Waals surface area contributed by atoms with E-state index in [0.29, 0.717) is 17.8 Å². The summed E-state index contributed by atoms with van der Waals surface area (Å²) in [6, 6.07) is 0. The Labute approximate surface area is 99.1 Å². The van der Waals surface area contributed by atoms with Gasteiger partial charge < -0.3 is 9.88 Å². The molecule has 0 spiro atoms. The van der Waals surface area contributed by atoms with E-state index in [-0.39, 0.29) is 5.91 Å². The first-order chi connectivity index (χ1) is 8.09. The van der Waals surface area contributed by atoms with Crippen LogP contribution in [0.15, 0.2) is 12.4 Å². The van der Waals surface area contributed by atoms with E-state index >= 15 is 0 Å². The number of nitrogens with zero attached hydrogens (tertiary/aromatic N) is 3. The van der Waals surface area contributed by atoms with E-state index in [1.807, 2.05) is 24.7 Å². The van der Waals surface area contributed by atoms with Crippen molar-refractivity contribution in [1.29, 1.82) is 0 Å². The molecule has 0 saturated carbocycles. The molecule has 0 aromatic carbocycles. The number of H-pyrrole nitrogens is 1. The summed E-state index contributed by atoms with van der Waals surface area (Å²) in [5.74, 6) is 0.689. The number of carbonyl (C=O) groups is 1. The molecular weight excluding hydrogens is 218 g/mol. The Balaban J connectivity index is 2.06. The molecule has 1 amide bonds. The predicted octanol–water partition coefficient (Wildman–Crippen LogP) is 0.690. The molecule has 0 radical (unpaired) electrons. The molecule has 6 nitrogen and oxygen atoms in total. The second-order valence-electron chi connectivity index (χ2n) is 3.95. The van der Waals surface area contributed by atoms with Crippen LogP contribution in [0.5, 0.6) is 0 Å². The topological polar surface area (TPSA) is 75.6 Å². The van der Waals surface area contributed by atoms with Gasteiger partial charge in [-0.1, -0.05) is 0 Å². The molecule has 0 atom stereocenters. The summed E-state index contributed by atoms with van der Waals surface area (Å²) < 4.78 is 1.87. The molecule has 2 aromatic rings. The summed E-state index contributed by atoms with van der Waals surface area (Å²) in [6.45, 7) is 4.04. The van der Waals surface area contributed by atoms with Crippen LogP contribution in [0.4, 0.5) is 0 Å². The summed E-state index contributed by atoms with van der Waals surface area (Å²) in [7, 11) is 1.89. The Kier molecular flexibility index (Phi) is 2.95. The van der Waals surface area contributed by atoms with Crippen LogP contribution in [-0.2, 0) is 13.6 Å². The minimum atomic E-state index is -0.128. The normalized spacial score (nSPS) is 10.5. The Morgan fingerprint density at radius 3 is 2.82 bits per heavy atom. The van der Waals surface area contributed by atoms with Crippen LogP contribution >= 0.6 is 0 Å². The molecule has 0 aliphatic rings. The van der Waals surface area contributed by atoms with Crippen LogP contribution in [0.3, 0.4) is 0 Å². The fourth-order valence-electron chi connectivity index (χ4n) is 1.70. The fourth-order valence-corrected chi connectivity index (χ4v) is 1.70. The Morgan fingerprint density at radius 1 is 1.53 bits per heavy atom. The van der Waals surface area contributed by atoms with Crippen molar-refractivity contribution >= 4 is 5.91 Å². The van der Waals surface area contributed by atoms with Gasteiger partial charge in [-0.2, -0.15) is 5.10 Å². The van der Waals surface area contributed by atoms with E-state index in [1.165, 1.54) is 0 Å². The van der Waals surface area contributed by atoms with Gasteiger partial charge in [-0.25, -0.2) is 4.98 Å². The lowest BCUT2D eigenvalue weighted by Crippen LogP contribution is -2.25. The minimum Gasteiger partial charge on any atom is -0.345 e. The molecule has 0 fully saturated rings. The van der Waals surface area contributed by atoms with Crippen LogP contribution in [0, 0.1) is 13.8 Å². The van der Waals surface area contributed by atoms with Gasteiger partial charge in [0.2, 0.25) is 0 Å². The van der Waals surface area contributed by atoms with Gasteiger partial charge in [0.05, 0.1) is 17.8 Å². The lowest BCUT2D eigenvalue weighted by atomic mass is 10.2. The number of imidazole rings is 1. The van der Waals surface area contributed by atoms with Crippen LogP contribution in [-0.4, -0.2) is 25.7 Å². The molecule has 0 unspecified atom stereocenters. The van der Waals surface area contributed by atoms with Crippen LogP contribution < -0.4 is 5.32 Å². The monoisotopic (exact) mass is 233 g/mol. The van der Waals surface area contributed by atoms with E-state index in [1.54, 1.807) is 13.1 Å². The average Bonchev–Trinajstić information content (AvgIpc) is 2.83.